The minimum absolute atomic E-state index is 0. The van der Waals surface area contributed by atoms with Crippen molar-refractivity contribution in [2.75, 3.05) is 13.1 Å². The van der Waals surface area contributed by atoms with E-state index in [1.165, 1.54) is 4.90 Å². The smallest absolute Gasteiger partial charge is 0.410 e. The first-order valence-corrected chi connectivity index (χ1v) is 7.10. The normalized spacial score (nSPS) is 21.9. The number of nitrogens with one attached hydrogen (secondary N) is 1. The highest BCUT2D eigenvalue weighted by atomic mass is 16.6. The molecule has 0 bridgehead atoms. The fraction of sp³-hybridized carbons (Fsp3) is 0.867. The Morgan fingerprint density at radius 1 is 1.05 bits per heavy atom. The zero-order valence-corrected chi connectivity index (χ0v) is 13.7. The molecule has 1 aliphatic rings. The van der Waals surface area contributed by atoms with E-state index in [0.717, 1.165) is 0 Å². The molecule has 3 N–H and O–H groups in total. The van der Waals surface area contributed by atoms with Gasteiger partial charge in [-0.15, -0.1) is 0 Å². The van der Waals surface area contributed by atoms with E-state index < -0.39 is 23.4 Å². The van der Waals surface area contributed by atoms with Gasteiger partial charge < -0.3 is 25.4 Å². The molecule has 0 aromatic rings. The molecular formula is C15H31N3O4. The molecule has 0 aromatic carbocycles. The zero-order valence-electron chi connectivity index (χ0n) is 13.7. The minimum Gasteiger partial charge on any atom is -0.444 e. The summed E-state index contributed by atoms with van der Waals surface area (Å²) in [5.74, 6) is 0. The number of rotatable bonds is 1. The fourth-order valence-electron chi connectivity index (χ4n) is 1.92. The van der Waals surface area contributed by atoms with Gasteiger partial charge >= 0.3 is 12.2 Å². The van der Waals surface area contributed by atoms with Crippen molar-refractivity contribution in [1.29, 1.82) is 0 Å². The van der Waals surface area contributed by atoms with Crippen molar-refractivity contribution in [3.63, 3.8) is 0 Å². The van der Waals surface area contributed by atoms with Crippen molar-refractivity contribution in [2.24, 2.45) is 5.73 Å². The number of carbonyl (C=O) groups is 2. The molecule has 2 atom stereocenters. The van der Waals surface area contributed by atoms with Crippen LogP contribution in [0.4, 0.5) is 9.59 Å². The van der Waals surface area contributed by atoms with Gasteiger partial charge in [-0.2, -0.15) is 0 Å². The maximum Gasteiger partial charge on any atom is 0.410 e. The van der Waals surface area contributed by atoms with E-state index >= 15 is 0 Å². The second kappa shape index (κ2) is 7.17. The summed E-state index contributed by atoms with van der Waals surface area (Å²) in [7, 11) is 0. The molecule has 0 saturated carbocycles. The van der Waals surface area contributed by atoms with Gasteiger partial charge in [-0.05, 0) is 41.5 Å². The Kier molecular flexibility index (Phi) is 6.69. The molecule has 0 aliphatic carbocycles. The van der Waals surface area contributed by atoms with Gasteiger partial charge in [0.1, 0.15) is 11.2 Å². The monoisotopic (exact) mass is 317 g/mol. The molecule has 130 valence electrons. The largest absolute Gasteiger partial charge is 0.444 e. The quantitative estimate of drug-likeness (QED) is 0.772. The molecule has 1 rings (SSSR count). The molecule has 1 saturated heterocycles. The van der Waals surface area contributed by atoms with Crippen LogP contribution in [0.25, 0.3) is 0 Å². The van der Waals surface area contributed by atoms with E-state index in [1.807, 2.05) is 0 Å². The zero-order chi connectivity index (χ0) is 16.4. The van der Waals surface area contributed by atoms with Crippen LogP contribution in [0.15, 0.2) is 0 Å². The summed E-state index contributed by atoms with van der Waals surface area (Å²) in [6.07, 6.45) is -0.958. The lowest BCUT2D eigenvalue weighted by atomic mass is 10.2. The van der Waals surface area contributed by atoms with Crippen LogP contribution in [0.2, 0.25) is 0 Å². The summed E-state index contributed by atoms with van der Waals surface area (Å²) >= 11 is 0. The topological polar surface area (TPSA) is 93.9 Å². The molecular weight excluding hydrogens is 286 g/mol. The Labute approximate surface area is 133 Å². The van der Waals surface area contributed by atoms with E-state index in [1.54, 1.807) is 41.5 Å². The average Bonchev–Trinajstić information content (AvgIpc) is 2.54. The van der Waals surface area contributed by atoms with Crippen LogP contribution >= 0.6 is 0 Å². The van der Waals surface area contributed by atoms with Crippen molar-refractivity contribution in [3.05, 3.63) is 0 Å². The van der Waals surface area contributed by atoms with Crippen LogP contribution in [0.1, 0.15) is 49.0 Å². The van der Waals surface area contributed by atoms with Gasteiger partial charge in [0.2, 0.25) is 0 Å². The highest BCUT2D eigenvalue weighted by molar-refractivity contribution is 5.70. The Bertz CT molecular complexity index is 399. The van der Waals surface area contributed by atoms with Gasteiger partial charge in [0.25, 0.3) is 0 Å². The molecule has 2 amide bonds. The highest BCUT2D eigenvalue weighted by Crippen LogP contribution is 2.15. The molecule has 1 aliphatic heterocycles. The standard InChI is InChI=1S/C14H27N3O4.CH4/c1-13(2,3)20-11(18)16-10-8-17(7-9(10)15)12(19)21-14(4,5)6;/h9-10H,7-8,15H2,1-6H3,(H,16,18);1H4. The van der Waals surface area contributed by atoms with Gasteiger partial charge in [0, 0.05) is 19.1 Å². The molecule has 2 unspecified atom stereocenters. The lowest BCUT2D eigenvalue weighted by Gasteiger charge is -2.24. The molecule has 7 heteroatoms. The number of hydrogen-bond donors (Lipinski definition) is 2. The third-order valence-corrected chi connectivity index (χ3v) is 2.72. The predicted molar refractivity (Wildman–Crippen MR) is 85.7 cm³/mol. The molecule has 22 heavy (non-hydrogen) atoms. The number of hydrogen-bond acceptors (Lipinski definition) is 5. The summed E-state index contributed by atoms with van der Waals surface area (Å²) in [5, 5.41) is 2.70. The number of likely N-dealkylation sites (tertiary alicyclic amines) is 1. The third kappa shape index (κ3) is 6.98. The molecule has 0 spiro atoms. The van der Waals surface area contributed by atoms with Crippen LogP contribution in [0, 0.1) is 0 Å². The predicted octanol–water partition coefficient (Wildman–Crippen LogP) is 2.09. The van der Waals surface area contributed by atoms with Gasteiger partial charge in [-0.3, -0.25) is 0 Å². The van der Waals surface area contributed by atoms with E-state index in [9.17, 15) is 9.59 Å². The minimum atomic E-state index is -0.572. The number of nitrogens with two attached hydrogens (primary N) is 1. The van der Waals surface area contributed by atoms with Crippen molar-refractivity contribution in [1.82, 2.24) is 10.2 Å². The van der Waals surface area contributed by atoms with Crippen LogP contribution in [-0.2, 0) is 9.47 Å². The first-order valence-electron chi connectivity index (χ1n) is 7.10. The Morgan fingerprint density at radius 2 is 1.55 bits per heavy atom. The van der Waals surface area contributed by atoms with Crippen LogP contribution in [0.5, 0.6) is 0 Å². The van der Waals surface area contributed by atoms with Gasteiger partial charge in [0.05, 0.1) is 6.04 Å². The van der Waals surface area contributed by atoms with Crippen molar-refractivity contribution in [2.45, 2.75) is 72.3 Å². The van der Waals surface area contributed by atoms with Crippen molar-refractivity contribution in [3.8, 4) is 0 Å². The lowest BCUT2D eigenvalue weighted by molar-refractivity contribution is 0.0281. The molecule has 0 radical (unpaired) electrons. The van der Waals surface area contributed by atoms with E-state index in [2.05, 4.69) is 5.32 Å². The van der Waals surface area contributed by atoms with Crippen LogP contribution < -0.4 is 11.1 Å². The number of carbonyl (C=O) groups excluding carboxylic acids is 2. The van der Waals surface area contributed by atoms with Crippen molar-refractivity contribution >= 4 is 12.2 Å². The van der Waals surface area contributed by atoms with Crippen LogP contribution in [0.3, 0.4) is 0 Å². The number of nitrogens with zero attached hydrogens (tertiary/aromatic N) is 1. The molecule has 0 aromatic heterocycles. The average molecular weight is 317 g/mol. The summed E-state index contributed by atoms with van der Waals surface area (Å²) in [5.41, 5.74) is 4.83. The van der Waals surface area contributed by atoms with Crippen molar-refractivity contribution < 1.29 is 19.1 Å². The highest BCUT2D eigenvalue weighted by Gasteiger charge is 2.36. The van der Waals surface area contributed by atoms with Gasteiger partial charge in [0.15, 0.2) is 0 Å². The van der Waals surface area contributed by atoms with Gasteiger partial charge in [-0.25, -0.2) is 9.59 Å². The maximum absolute atomic E-state index is 12.0. The Morgan fingerprint density at radius 3 is 2.00 bits per heavy atom. The SMILES string of the molecule is C.CC(C)(C)OC(=O)NC1CN(C(=O)OC(C)(C)C)CC1N. The Balaban J connectivity index is 0.00000441. The van der Waals surface area contributed by atoms with E-state index in [-0.39, 0.29) is 19.5 Å². The summed E-state index contributed by atoms with van der Waals surface area (Å²) in [6, 6.07) is -0.683. The third-order valence-electron chi connectivity index (χ3n) is 2.72. The Hall–Kier alpha value is -1.50. The first kappa shape index (κ1) is 20.5. The summed E-state index contributed by atoms with van der Waals surface area (Å²) in [6.45, 7) is 11.4. The first-order chi connectivity index (χ1) is 9.37. The van der Waals surface area contributed by atoms with E-state index in [0.29, 0.717) is 13.1 Å². The maximum atomic E-state index is 12.0. The molecule has 7 nitrogen and oxygen atoms in total. The summed E-state index contributed by atoms with van der Waals surface area (Å²) < 4.78 is 10.5. The fourth-order valence-corrected chi connectivity index (χ4v) is 1.92. The summed E-state index contributed by atoms with van der Waals surface area (Å²) in [4.78, 5) is 25.2. The second-order valence-electron chi connectivity index (χ2n) is 7.30. The molecule has 1 fully saturated rings. The van der Waals surface area contributed by atoms with Gasteiger partial charge in [-0.1, -0.05) is 7.43 Å². The molecule has 1 heterocycles. The second-order valence-corrected chi connectivity index (χ2v) is 7.30. The van der Waals surface area contributed by atoms with E-state index in [4.69, 9.17) is 15.2 Å². The number of amides is 2. The van der Waals surface area contributed by atoms with Crippen LogP contribution in [-0.4, -0.2) is 53.5 Å². The lowest BCUT2D eigenvalue weighted by Crippen LogP contribution is -2.48. The number of alkyl carbamates (subject to hydrolysis) is 1. The number of ether oxygens (including phenoxy) is 2.